The molecule has 0 radical (unpaired) electrons. The first-order valence-electron chi connectivity index (χ1n) is 10.4. The summed E-state index contributed by atoms with van der Waals surface area (Å²) in [6.07, 6.45) is 3.62. The van der Waals surface area contributed by atoms with Gasteiger partial charge in [-0.05, 0) is 50.0 Å². The fourth-order valence-electron chi connectivity index (χ4n) is 4.05. The fourth-order valence-corrected chi connectivity index (χ4v) is 5.23. The molecule has 6 heteroatoms. The lowest BCUT2D eigenvalue weighted by Crippen LogP contribution is -2.41. The lowest BCUT2D eigenvalue weighted by atomic mass is 10.0. The molecule has 1 saturated heterocycles. The maximum atomic E-state index is 13.1. The van der Waals surface area contributed by atoms with Gasteiger partial charge in [-0.3, -0.25) is 9.69 Å². The van der Waals surface area contributed by atoms with Crippen LogP contribution in [0.4, 0.5) is 0 Å². The Morgan fingerprint density at radius 2 is 1.80 bits per heavy atom. The molecule has 2 heterocycles. The van der Waals surface area contributed by atoms with E-state index in [2.05, 4.69) is 21.3 Å². The molecular formula is C24H26ClN3OS. The first kappa shape index (κ1) is 21.0. The molecule has 1 aromatic heterocycles. The molecule has 0 spiro atoms. The summed E-state index contributed by atoms with van der Waals surface area (Å²) in [7, 11) is 0. The monoisotopic (exact) mass is 439 g/mol. The van der Waals surface area contributed by atoms with Crippen LogP contribution in [0.3, 0.4) is 0 Å². The van der Waals surface area contributed by atoms with E-state index in [1.54, 1.807) is 11.3 Å². The molecular weight excluding hydrogens is 414 g/mol. The summed E-state index contributed by atoms with van der Waals surface area (Å²) in [4.78, 5) is 21.0. The smallest absolute Gasteiger partial charge is 0.271 e. The van der Waals surface area contributed by atoms with Gasteiger partial charge in [0.15, 0.2) is 0 Å². The second kappa shape index (κ2) is 9.73. The maximum Gasteiger partial charge on any atom is 0.271 e. The minimum Gasteiger partial charge on any atom is -0.349 e. The van der Waals surface area contributed by atoms with Gasteiger partial charge in [0, 0.05) is 11.6 Å². The number of thiazole rings is 1. The second-order valence-corrected chi connectivity index (χ2v) is 9.23. The topological polar surface area (TPSA) is 45.2 Å². The third kappa shape index (κ3) is 4.75. The highest BCUT2D eigenvalue weighted by Gasteiger charge is 2.26. The Kier molecular flexibility index (Phi) is 6.82. The quantitative estimate of drug-likeness (QED) is 0.533. The predicted octanol–water partition coefficient (Wildman–Crippen LogP) is 5.73. The van der Waals surface area contributed by atoms with Gasteiger partial charge in [0.1, 0.15) is 5.69 Å². The summed E-state index contributed by atoms with van der Waals surface area (Å²) in [6.45, 7) is 4.50. The largest absolute Gasteiger partial charge is 0.349 e. The summed E-state index contributed by atoms with van der Waals surface area (Å²) in [5.74, 6) is -0.132. The molecule has 3 aromatic rings. The van der Waals surface area contributed by atoms with Crippen molar-refractivity contribution in [3.05, 3.63) is 75.9 Å². The summed E-state index contributed by atoms with van der Waals surface area (Å²) >= 11 is 8.08. The van der Waals surface area contributed by atoms with Crippen molar-refractivity contribution in [1.29, 1.82) is 0 Å². The Hall–Kier alpha value is -2.21. The molecule has 4 nitrogen and oxygen atoms in total. The SMILES string of the molecule is Cc1nc(C(=O)NCC(c2ccccc2Cl)N2CCCCC2)c(-c2ccccc2)s1. The molecule has 0 aliphatic carbocycles. The molecule has 1 N–H and O–H groups in total. The first-order valence-corrected chi connectivity index (χ1v) is 11.6. The van der Waals surface area contributed by atoms with Crippen molar-refractivity contribution in [2.24, 2.45) is 0 Å². The average molecular weight is 440 g/mol. The summed E-state index contributed by atoms with van der Waals surface area (Å²) < 4.78 is 0. The highest BCUT2D eigenvalue weighted by Crippen LogP contribution is 2.31. The van der Waals surface area contributed by atoms with Gasteiger partial charge in [0.2, 0.25) is 0 Å². The van der Waals surface area contributed by atoms with Gasteiger partial charge < -0.3 is 5.32 Å². The highest BCUT2D eigenvalue weighted by molar-refractivity contribution is 7.15. The van der Waals surface area contributed by atoms with Gasteiger partial charge in [-0.15, -0.1) is 11.3 Å². The number of piperidine rings is 1. The van der Waals surface area contributed by atoms with Crippen LogP contribution >= 0.6 is 22.9 Å². The lowest BCUT2D eigenvalue weighted by molar-refractivity contribution is 0.0920. The van der Waals surface area contributed by atoms with Crippen LogP contribution in [-0.4, -0.2) is 35.4 Å². The van der Waals surface area contributed by atoms with Crippen LogP contribution in [0.1, 0.15) is 46.4 Å². The van der Waals surface area contributed by atoms with Crippen LogP contribution in [0.2, 0.25) is 5.02 Å². The van der Waals surface area contributed by atoms with E-state index in [1.165, 1.54) is 19.3 Å². The van der Waals surface area contributed by atoms with Crippen molar-refractivity contribution in [1.82, 2.24) is 15.2 Å². The molecule has 156 valence electrons. The number of aryl methyl sites for hydroxylation is 1. The number of nitrogens with one attached hydrogen (secondary N) is 1. The van der Waals surface area contributed by atoms with Gasteiger partial charge in [0.25, 0.3) is 5.91 Å². The van der Waals surface area contributed by atoms with E-state index >= 15 is 0 Å². The summed E-state index contributed by atoms with van der Waals surface area (Å²) in [6, 6.07) is 18.0. The molecule has 4 rings (SSSR count). The Bertz CT molecular complexity index is 999. The van der Waals surface area contributed by atoms with Crippen LogP contribution in [-0.2, 0) is 0 Å². The van der Waals surface area contributed by atoms with E-state index in [-0.39, 0.29) is 11.9 Å². The standard InChI is InChI=1S/C24H26ClN3OS/c1-17-27-22(23(30-17)18-10-4-2-5-11-18)24(29)26-16-21(28-14-8-3-9-15-28)19-12-6-7-13-20(19)25/h2,4-7,10-13,21H,3,8-9,14-16H2,1H3,(H,26,29). The number of carbonyl (C=O) groups is 1. The third-order valence-corrected chi connectivity index (χ3v) is 6.90. The Balaban J connectivity index is 1.56. The van der Waals surface area contributed by atoms with Crippen LogP contribution in [0.15, 0.2) is 54.6 Å². The number of halogens is 1. The number of hydrogen-bond donors (Lipinski definition) is 1. The van der Waals surface area contributed by atoms with Crippen molar-refractivity contribution in [2.75, 3.05) is 19.6 Å². The molecule has 1 atom stereocenters. The zero-order valence-electron chi connectivity index (χ0n) is 17.1. The van der Waals surface area contributed by atoms with E-state index in [1.807, 2.05) is 55.5 Å². The molecule has 2 aromatic carbocycles. The highest BCUT2D eigenvalue weighted by atomic mass is 35.5. The van der Waals surface area contributed by atoms with Crippen molar-refractivity contribution in [2.45, 2.75) is 32.2 Å². The minimum atomic E-state index is -0.132. The predicted molar refractivity (Wildman–Crippen MR) is 124 cm³/mol. The van der Waals surface area contributed by atoms with Crippen LogP contribution in [0.5, 0.6) is 0 Å². The van der Waals surface area contributed by atoms with Gasteiger partial charge in [0.05, 0.1) is 15.9 Å². The van der Waals surface area contributed by atoms with Gasteiger partial charge in [-0.2, -0.15) is 0 Å². The lowest BCUT2D eigenvalue weighted by Gasteiger charge is -2.35. The minimum absolute atomic E-state index is 0.0582. The number of nitrogens with zero attached hydrogens (tertiary/aromatic N) is 2. The first-order chi connectivity index (χ1) is 14.6. The van der Waals surface area contributed by atoms with Crippen molar-refractivity contribution < 1.29 is 4.79 Å². The van der Waals surface area contributed by atoms with E-state index in [0.29, 0.717) is 12.2 Å². The zero-order valence-corrected chi connectivity index (χ0v) is 18.7. The molecule has 0 bridgehead atoms. The number of aromatic nitrogens is 1. The van der Waals surface area contributed by atoms with Gasteiger partial charge >= 0.3 is 0 Å². The normalized spacial score (nSPS) is 15.7. The number of likely N-dealkylation sites (tertiary alicyclic amines) is 1. The zero-order chi connectivity index (χ0) is 20.9. The Morgan fingerprint density at radius 3 is 2.53 bits per heavy atom. The number of benzene rings is 2. The summed E-state index contributed by atoms with van der Waals surface area (Å²) in [5, 5.41) is 4.78. The van der Waals surface area contributed by atoms with Crippen LogP contribution < -0.4 is 5.32 Å². The molecule has 1 fully saturated rings. The van der Waals surface area contributed by atoms with Crippen molar-refractivity contribution >= 4 is 28.8 Å². The molecule has 1 aliphatic heterocycles. The molecule has 1 amide bonds. The van der Waals surface area contributed by atoms with E-state index in [9.17, 15) is 4.79 Å². The van der Waals surface area contributed by atoms with Crippen molar-refractivity contribution in [3.63, 3.8) is 0 Å². The Labute approximate surface area is 186 Å². The molecule has 0 saturated carbocycles. The third-order valence-electron chi connectivity index (χ3n) is 5.54. The van der Waals surface area contributed by atoms with Crippen LogP contribution in [0.25, 0.3) is 10.4 Å². The maximum absolute atomic E-state index is 13.1. The van der Waals surface area contributed by atoms with Crippen LogP contribution in [0, 0.1) is 6.92 Å². The number of rotatable bonds is 6. The van der Waals surface area contributed by atoms with Crippen molar-refractivity contribution in [3.8, 4) is 10.4 Å². The summed E-state index contributed by atoms with van der Waals surface area (Å²) in [5.41, 5.74) is 2.59. The Morgan fingerprint density at radius 1 is 1.10 bits per heavy atom. The molecule has 1 unspecified atom stereocenters. The number of hydrogen-bond acceptors (Lipinski definition) is 4. The number of amides is 1. The van der Waals surface area contributed by atoms with E-state index < -0.39 is 0 Å². The second-order valence-electron chi connectivity index (χ2n) is 7.62. The van der Waals surface area contributed by atoms with E-state index in [4.69, 9.17) is 11.6 Å². The average Bonchev–Trinajstić information content (AvgIpc) is 3.18. The number of carbonyl (C=O) groups excluding carboxylic acids is 1. The van der Waals surface area contributed by atoms with E-state index in [0.717, 1.165) is 39.1 Å². The molecule has 30 heavy (non-hydrogen) atoms. The fraction of sp³-hybridized carbons (Fsp3) is 0.333. The van der Waals surface area contributed by atoms with Gasteiger partial charge in [-0.25, -0.2) is 4.98 Å². The molecule has 1 aliphatic rings. The van der Waals surface area contributed by atoms with Gasteiger partial charge in [-0.1, -0.05) is 66.6 Å².